The lowest BCUT2D eigenvalue weighted by Crippen LogP contribution is -2.35. The number of aliphatic carboxylic acids is 1. The normalized spacial score (nSPS) is 34.1. The van der Waals surface area contributed by atoms with E-state index in [1.54, 1.807) is 0 Å². The monoisotopic (exact) mass is 362 g/mol. The molecule has 0 aromatic carbocycles. The largest absolute Gasteiger partial charge is 0.478 e. The molecule has 0 bridgehead atoms. The molecule has 1 fully saturated rings. The van der Waals surface area contributed by atoms with Crippen LogP contribution in [0.1, 0.15) is 46.0 Å². The predicted molar refractivity (Wildman–Crippen MR) is 99.4 cm³/mol. The Morgan fingerprint density at radius 2 is 2.00 bits per heavy atom. The number of fused-ring (bicyclic) bond motifs is 1. The first-order chi connectivity index (χ1) is 12.3. The highest BCUT2D eigenvalue weighted by molar-refractivity contribution is 5.89. The Balaban J connectivity index is 2.51. The number of carboxylic acid groups (broad SMARTS) is 1. The van der Waals surface area contributed by atoms with Crippen LogP contribution in [0.4, 0.5) is 0 Å². The van der Waals surface area contributed by atoms with Crippen molar-refractivity contribution >= 4 is 11.9 Å². The lowest BCUT2D eigenvalue weighted by atomic mass is 9.63. The summed E-state index contributed by atoms with van der Waals surface area (Å²) in [4.78, 5) is 23.8. The van der Waals surface area contributed by atoms with Crippen LogP contribution in [-0.2, 0) is 14.3 Å². The maximum atomic E-state index is 12.2. The molecule has 2 N–H and O–H groups in total. The SMILES string of the molecule is C=C1CCC(C(C)C)C2/C=C(/C(=O)OC)CC/C=C(/C(=O)O)C(O)CC12. The average Bonchev–Trinajstić information content (AvgIpc) is 2.58. The Labute approximate surface area is 155 Å². The second kappa shape index (κ2) is 8.67. The smallest absolute Gasteiger partial charge is 0.333 e. The second-order valence-corrected chi connectivity index (χ2v) is 7.73. The summed E-state index contributed by atoms with van der Waals surface area (Å²) in [5, 5.41) is 20.0. The lowest BCUT2D eigenvalue weighted by molar-refractivity contribution is -0.136. The molecule has 4 atom stereocenters. The van der Waals surface area contributed by atoms with Crippen molar-refractivity contribution < 1.29 is 24.5 Å². The number of carboxylic acids is 1. The van der Waals surface area contributed by atoms with Crippen molar-refractivity contribution in [2.75, 3.05) is 7.11 Å². The molecule has 0 aromatic heterocycles. The fourth-order valence-corrected chi connectivity index (χ4v) is 4.38. The molecule has 0 amide bonds. The van der Waals surface area contributed by atoms with E-state index < -0.39 is 12.1 Å². The summed E-state index contributed by atoms with van der Waals surface area (Å²) in [5.41, 5.74) is 1.62. The van der Waals surface area contributed by atoms with E-state index in [0.29, 0.717) is 36.7 Å². The standard InChI is InChI=1S/C21H30O5/c1-12(2)15-9-8-13(3)17-11-19(22)16(20(23)24)7-5-6-14(10-18(15)17)21(25)26-4/h7,10,12,15,17-19,22H,3,5-6,8-9,11H2,1-2,4H3,(H,23,24)/b14-10+,16-7+. The van der Waals surface area contributed by atoms with Gasteiger partial charge in [0.25, 0.3) is 0 Å². The first kappa shape index (κ1) is 20.4. The van der Waals surface area contributed by atoms with Crippen molar-refractivity contribution in [3.05, 3.63) is 35.5 Å². The topological polar surface area (TPSA) is 83.8 Å². The van der Waals surface area contributed by atoms with Crippen LogP contribution < -0.4 is 0 Å². The molecular weight excluding hydrogens is 332 g/mol. The number of hydrogen-bond donors (Lipinski definition) is 2. The fourth-order valence-electron chi connectivity index (χ4n) is 4.38. The Morgan fingerprint density at radius 1 is 1.31 bits per heavy atom. The van der Waals surface area contributed by atoms with E-state index in [4.69, 9.17) is 4.74 Å². The second-order valence-electron chi connectivity index (χ2n) is 7.73. The van der Waals surface area contributed by atoms with E-state index in [2.05, 4.69) is 20.4 Å². The molecule has 2 aliphatic rings. The van der Waals surface area contributed by atoms with Crippen LogP contribution in [0.5, 0.6) is 0 Å². The number of aliphatic hydroxyl groups is 1. The van der Waals surface area contributed by atoms with Gasteiger partial charge in [-0.15, -0.1) is 0 Å². The molecule has 4 unspecified atom stereocenters. The third kappa shape index (κ3) is 4.44. The van der Waals surface area contributed by atoms with Crippen molar-refractivity contribution in [1.82, 2.24) is 0 Å². The van der Waals surface area contributed by atoms with E-state index in [9.17, 15) is 19.8 Å². The highest BCUT2D eigenvalue weighted by atomic mass is 16.5. The summed E-state index contributed by atoms with van der Waals surface area (Å²) in [6, 6.07) is 0. The maximum Gasteiger partial charge on any atom is 0.333 e. The van der Waals surface area contributed by atoms with E-state index >= 15 is 0 Å². The Kier molecular flexibility index (Phi) is 6.81. The zero-order valence-electron chi connectivity index (χ0n) is 15.9. The minimum atomic E-state index is -1.11. The molecule has 2 aliphatic carbocycles. The van der Waals surface area contributed by atoms with Crippen molar-refractivity contribution in [3.8, 4) is 0 Å². The first-order valence-electron chi connectivity index (χ1n) is 9.34. The molecule has 5 heteroatoms. The zero-order valence-corrected chi connectivity index (χ0v) is 15.9. The van der Waals surface area contributed by atoms with Crippen LogP contribution in [0.15, 0.2) is 35.5 Å². The number of esters is 1. The molecule has 5 nitrogen and oxygen atoms in total. The maximum absolute atomic E-state index is 12.2. The van der Waals surface area contributed by atoms with Gasteiger partial charge in [-0.25, -0.2) is 9.59 Å². The summed E-state index contributed by atoms with van der Waals surface area (Å²) in [6.45, 7) is 8.52. The van der Waals surface area contributed by atoms with Gasteiger partial charge in [0.2, 0.25) is 0 Å². The van der Waals surface area contributed by atoms with Gasteiger partial charge >= 0.3 is 11.9 Å². The van der Waals surface area contributed by atoms with Crippen molar-refractivity contribution in [1.29, 1.82) is 0 Å². The summed E-state index contributed by atoms with van der Waals surface area (Å²) < 4.78 is 4.94. The Hall–Kier alpha value is -1.88. The number of carbonyl (C=O) groups is 2. The summed E-state index contributed by atoms with van der Waals surface area (Å²) in [6.07, 6.45) is 5.45. The lowest BCUT2D eigenvalue weighted by Gasteiger charge is -2.41. The number of aliphatic hydroxyl groups excluding tert-OH is 1. The van der Waals surface area contributed by atoms with Gasteiger partial charge in [0.05, 0.1) is 18.8 Å². The summed E-state index contributed by atoms with van der Waals surface area (Å²) in [5.74, 6) is -0.706. The number of allylic oxidation sites excluding steroid dienone is 3. The van der Waals surface area contributed by atoms with Gasteiger partial charge in [0.15, 0.2) is 0 Å². The van der Waals surface area contributed by atoms with Crippen LogP contribution in [-0.4, -0.2) is 35.4 Å². The summed E-state index contributed by atoms with van der Waals surface area (Å²) >= 11 is 0. The number of hydrogen-bond acceptors (Lipinski definition) is 4. The van der Waals surface area contributed by atoms with Crippen molar-refractivity contribution in [2.45, 2.75) is 52.1 Å². The average molecular weight is 362 g/mol. The predicted octanol–water partition coefficient (Wildman–Crippen LogP) is 3.50. The van der Waals surface area contributed by atoms with Crippen LogP contribution in [0.2, 0.25) is 0 Å². The van der Waals surface area contributed by atoms with Crippen LogP contribution in [0.3, 0.4) is 0 Å². The summed E-state index contributed by atoms with van der Waals surface area (Å²) in [7, 11) is 1.36. The number of rotatable bonds is 3. The number of ether oxygens (including phenoxy) is 1. The highest BCUT2D eigenvalue weighted by Crippen LogP contribution is 2.45. The van der Waals surface area contributed by atoms with Gasteiger partial charge in [-0.3, -0.25) is 0 Å². The Morgan fingerprint density at radius 3 is 2.58 bits per heavy atom. The van der Waals surface area contributed by atoms with Gasteiger partial charge in [-0.2, -0.15) is 0 Å². The molecule has 0 radical (unpaired) electrons. The van der Waals surface area contributed by atoms with E-state index in [1.807, 2.05) is 6.08 Å². The van der Waals surface area contributed by atoms with Crippen LogP contribution in [0.25, 0.3) is 0 Å². The van der Waals surface area contributed by atoms with E-state index in [1.165, 1.54) is 13.2 Å². The molecule has 144 valence electrons. The zero-order chi connectivity index (χ0) is 19.4. The van der Waals surface area contributed by atoms with Gasteiger partial charge in [-0.1, -0.05) is 38.2 Å². The van der Waals surface area contributed by atoms with Crippen LogP contribution in [0, 0.1) is 23.7 Å². The molecule has 0 heterocycles. The molecule has 0 spiro atoms. The molecule has 0 aromatic rings. The first-order valence-corrected chi connectivity index (χ1v) is 9.34. The fraction of sp³-hybridized carbons (Fsp3) is 0.619. The molecule has 0 saturated heterocycles. The van der Waals surface area contributed by atoms with E-state index in [-0.39, 0.29) is 23.4 Å². The number of methoxy groups -OCH3 is 1. The third-order valence-corrected chi connectivity index (χ3v) is 5.84. The van der Waals surface area contributed by atoms with Gasteiger partial charge < -0.3 is 14.9 Å². The quantitative estimate of drug-likeness (QED) is 0.593. The number of carbonyl (C=O) groups excluding carboxylic acids is 1. The Bertz CT molecular complexity index is 628. The van der Waals surface area contributed by atoms with Gasteiger partial charge in [0, 0.05) is 5.57 Å². The molecule has 0 aliphatic heterocycles. The van der Waals surface area contributed by atoms with Crippen LogP contribution >= 0.6 is 0 Å². The highest BCUT2D eigenvalue weighted by Gasteiger charge is 2.38. The minimum absolute atomic E-state index is 0.00864. The van der Waals surface area contributed by atoms with Gasteiger partial charge in [0.1, 0.15) is 0 Å². The molecule has 1 saturated carbocycles. The minimum Gasteiger partial charge on any atom is -0.478 e. The third-order valence-electron chi connectivity index (χ3n) is 5.84. The van der Waals surface area contributed by atoms with E-state index in [0.717, 1.165) is 18.4 Å². The van der Waals surface area contributed by atoms with Crippen molar-refractivity contribution in [2.24, 2.45) is 23.7 Å². The molecule has 2 rings (SSSR count). The molecular formula is C21H30O5. The molecule has 26 heavy (non-hydrogen) atoms. The van der Waals surface area contributed by atoms with Gasteiger partial charge in [-0.05, 0) is 55.8 Å². The van der Waals surface area contributed by atoms with Crippen molar-refractivity contribution in [3.63, 3.8) is 0 Å².